The van der Waals surface area contributed by atoms with Crippen molar-refractivity contribution < 1.29 is 14.6 Å². The molecular formula is C10H9N3O3S. The normalized spacial score (nSPS) is 18.9. The van der Waals surface area contributed by atoms with Gasteiger partial charge in [-0.05, 0) is 22.4 Å². The molecule has 17 heavy (non-hydrogen) atoms. The van der Waals surface area contributed by atoms with Gasteiger partial charge in [-0.1, -0.05) is 5.21 Å². The van der Waals surface area contributed by atoms with E-state index in [1.54, 1.807) is 16.0 Å². The van der Waals surface area contributed by atoms with Crippen molar-refractivity contribution in [2.75, 3.05) is 0 Å². The first-order valence-electron chi connectivity index (χ1n) is 5.05. The van der Waals surface area contributed by atoms with Crippen LogP contribution in [0.3, 0.4) is 0 Å². The van der Waals surface area contributed by atoms with E-state index in [-0.39, 0.29) is 18.4 Å². The molecule has 3 rings (SSSR count). The van der Waals surface area contributed by atoms with E-state index in [2.05, 4.69) is 10.3 Å². The Morgan fingerprint density at radius 2 is 2.53 bits per heavy atom. The summed E-state index contributed by atoms with van der Waals surface area (Å²) in [7, 11) is 0. The van der Waals surface area contributed by atoms with Crippen LogP contribution in [-0.2, 0) is 17.9 Å². The van der Waals surface area contributed by atoms with Crippen molar-refractivity contribution in [2.24, 2.45) is 0 Å². The third kappa shape index (κ3) is 1.73. The molecule has 0 saturated carbocycles. The van der Waals surface area contributed by atoms with Gasteiger partial charge in [-0.2, -0.15) is 11.3 Å². The summed E-state index contributed by atoms with van der Waals surface area (Å²) in [5, 5.41) is 20.4. The minimum atomic E-state index is -1.07. The van der Waals surface area contributed by atoms with Crippen molar-refractivity contribution in [1.29, 1.82) is 0 Å². The Morgan fingerprint density at radius 1 is 1.65 bits per heavy atom. The van der Waals surface area contributed by atoms with Crippen LogP contribution in [0, 0.1) is 0 Å². The third-order valence-electron chi connectivity index (χ3n) is 2.72. The van der Waals surface area contributed by atoms with E-state index < -0.39 is 5.97 Å². The van der Waals surface area contributed by atoms with Gasteiger partial charge in [0.1, 0.15) is 6.10 Å². The van der Waals surface area contributed by atoms with E-state index >= 15 is 0 Å². The zero-order valence-electron chi connectivity index (χ0n) is 8.74. The molecule has 1 aliphatic rings. The van der Waals surface area contributed by atoms with Crippen molar-refractivity contribution in [1.82, 2.24) is 15.0 Å². The number of hydrogen-bond donors (Lipinski definition) is 1. The van der Waals surface area contributed by atoms with E-state index in [9.17, 15) is 4.79 Å². The van der Waals surface area contributed by atoms with Gasteiger partial charge in [0.2, 0.25) is 0 Å². The lowest BCUT2D eigenvalue weighted by Gasteiger charge is -2.23. The van der Waals surface area contributed by atoms with Gasteiger partial charge in [0.05, 0.1) is 18.8 Å². The van der Waals surface area contributed by atoms with Gasteiger partial charge in [0.25, 0.3) is 0 Å². The molecule has 0 spiro atoms. The monoisotopic (exact) mass is 251 g/mol. The number of rotatable bonds is 2. The molecule has 3 heterocycles. The molecule has 6 nitrogen and oxygen atoms in total. The smallest absolute Gasteiger partial charge is 0.358 e. The quantitative estimate of drug-likeness (QED) is 0.870. The maximum Gasteiger partial charge on any atom is 0.358 e. The first-order valence-corrected chi connectivity index (χ1v) is 5.99. The van der Waals surface area contributed by atoms with Crippen LogP contribution in [-0.4, -0.2) is 26.1 Å². The number of carboxylic acids is 1. The van der Waals surface area contributed by atoms with Crippen LogP contribution in [0.5, 0.6) is 0 Å². The number of hydrogen-bond acceptors (Lipinski definition) is 5. The largest absolute Gasteiger partial charge is 0.476 e. The molecule has 0 bridgehead atoms. The fourth-order valence-corrected chi connectivity index (χ4v) is 2.54. The highest BCUT2D eigenvalue weighted by atomic mass is 32.1. The summed E-state index contributed by atoms with van der Waals surface area (Å²) < 4.78 is 7.25. The molecule has 0 saturated heterocycles. The van der Waals surface area contributed by atoms with Crippen molar-refractivity contribution in [2.45, 2.75) is 19.3 Å². The van der Waals surface area contributed by atoms with E-state index in [1.807, 2.05) is 16.8 Å². The molecule has 1 aliphatic heterocycles. The van der Waals surface area contributed by atoms with Gasteiger partial charge >= 0.3 is 5.97 Å². The summed E-state index contributed by atoms with van der Waals surface area (Å²) in [5.41, 5.74) is 1.60. The molecule has 7 heteroatoms. The minimum Gasteiger partial charge on any atom is -0.476 e. The molecule has 2 aromatic rings. The van der Waals surface area contributed by atoms with Crippen molar-refractivity contribution in [3.05, 3.63) is 33.8 Å². The zero-order chi connectivity index (χ0) is 11.8. The molecule has 1 atom stereocenters. The van der Waals surface area contributed by atoms with E-state index in [0.29, 0.717) is 12.2 Å². The van der Waals surface area contributed by atoms with Crippen LogP contribution in [0.4, 0.5) is 0 Å². The predicted octanol–water partition coefficient (Wildman–Crippen LogP) is 1.31. The van der Waals surface area contributed by atoms with Crippen molar-refractivity contribution >= 4 is 17.3 Å². The lowest BCUT2D eigenvalue weighted by molar-refractivity contribution is -0.00182. The number of fused-ring (bicyclic) bond motifs is 1. The summed E-state index contributed by atoms with van der Waals surface area (Å²) >= 11 is 1.61. The number of carbonyl (C=O) groups is 1. The number of aromatic carboxylic acids is 1. The maximum absolute atomic E-state index is 10.9. The summed E-state index contributed by atoms with van der Waals surface area (Å²) in [6.45, 7) is 0.738. The second kappa shape index (κ2) is 3.94. The molecular weight excluding hydrogens is 242 g/mol. The Morgan fingerprint density at radius 3 is 3.24 bits per heavy atom. The average Bonchev–Trinajstić information content (AvgIpc) is 2.97. The third-order valence-corrected chi connectivity index (χ3v) is 3.42. The van der Waals surface area contributed by atoms with Gasteiger partial charge in [-0.3, -0.25) is 0 Å². The van der Waals surface area contributed by atoms with Gasteiger partial charge < -0.3 is 9.84 Å². The number of carboxylic acid groups (broad SMARTS) is 1. The maximum atomic E-state index is 10.9. The number of thiophene rings is 1. The van der Waals surface area contributed by atoms with Gasteiger partial charge in [0.15, 0.2) is 5.69 Å². The average molecular weight is 251 g/mol. The van der Waals surface area contributed by atoms with E-state index in [4.69, 9.17) is 9.84 Å². The Balaban J connectivity index is 1.89. The van der Waals surface area contributed by atoms with Crippen LogP contribution in [0.15, 0.2) is 16.8 Å². The molecule has 0 amide bonds. The Bertz CT molecular complexity index is 549. The van der Waals surface area contributed by atoms with E-state index in [1.165, 1.54) is 0 Å². The Labute approximate surface area is 100 Å². The lowest BCUT2D eigenvalue weighted by Crippen LogP contribution is -2.22. The molecule has 2 aromatic heterocycles. The summed E-state index contributed by atoms with van der Waals surface area (Å²) in [6.07, 6.45) is -0.0721. The van der Waals surface area contributed by atoms with Crippen molar-refractivity contribution in [3.8, 4) is 0 Å². The minimum absolute atomic E-state index is 0.0197. The van der Waals surface area contributed by atoms with Crippen LogP contribution >= 0.6 is 11.3 Å². The fraction of sp³-hybridized carbons (Fsp3) is 0.300. The fourth-order valence-electron chi connectivity index (χ4n) is 1.84. The number of aromatic nitrogens is 3. The second-order valence-electron chi connectivity index (χ2n) is 3.73. The van der Waals surface area contributed by atoms with Crippen LogP contribution in [0.25, 0.3) is 0 Å². The zero-order valence-corrected chi connectivity index (χ0v) is 9.55. The SMILES string of the molecule is O=C(O)c1nnn2c1CO[C@H](c1ccsc1)C2. The Hall–Kier alpha value is -1.73. The second-order valence-corrected chi connectivity index (χ2v) is 4.51. The van der Waals surface area contributed by atoms with Gasteiger partial charge in [0, 0.05) is 0 Å². The number of ether oxygens (including phenoxy) is 1. The molecule has 0 fully saturated rings. The Kier molecular flexibility index (Phi) is 2.41. The highest BCUT2D eigenvalue weighted by molar-refractivity contribution is 7.07. The highest BCUT2D eigenvalue weighted by Crippen LogP contribution is 2.27. The summed E-state index contributed by atoms with van der Waals surface area (Å²) in [6, 6.07) is 2.00. The molecule has 1 N–H and O–H groups in total. The summed E-state index contributed by atoms with van der Waals surface area (Å²) in [5.74, 6) is -1.07. The first kappa shape index (κ1) is 10.4. The summed E-state index contributed by atoms with van der Waals surface area (Å²) in [4.78, 5) is 10.9. The van der Waals surface area contributed by atoms with Gasteiger partial charge in [-0.25, -0.2) is 9.48 Å². The standard InChI is InChI=1S/C10H9N3O3S/c14-10(15)9-7-4-16-8(3-13(7)12-11-9)6-1-2-17-5-6/h1-2,5,8H,3-4H2,(H,14,15)/t8-/m0/s1. The molecule has 0 aliphatic carbocycles. The van der Waals surface area contributed by atoms with E-state index in [0.717, 1.165) is 5.56 Å². The van der Waals surface area contributed by atoms with Crippen molar-refractivity contribution in [3.63, 3.8) is 0 Å². The highest BCUT2D eigenvalue weighted by Gasteiger charge is 2.27. The molecule has 0 unspecified atom stereocenters. The van der Waals surface area contributed by atoms with Crippen LogP contribution in [0.2, 0.25) is 0 Å². The topological polar surface area (TPSA) is 77.2 Å². The van der Waals surface area contributed by atoms with Crippen LogP contribution < -0.4 is 0 Å². The number of nitrogens with zero attached hydrogens (tertiary/aromatic N) is 3. The lowest BCUT2D eigenvalue weighted by atomic mass is 10.1. The molecule has 0 radical (unpaired) electrons. The van der Waals surface area contributed by atoms with Gasteiger partial charge in [-0.15, -0.1) is 5.10 Å². The molecule has 88 valence electrons. The first-order chi connectivity index (χ1) is 8.25. The predicted molar refractivity (Wildman–Crippen MR) is 58.8 cm³/mol. The molecule has 0 aromatic carbocycles. The van der Waals surface area contributed by atoms with Crippen LogP contribution in [0.1, 0.15) is 27.8 Å².